The summed E-state index contributed by atoms with van der Waals surface area (Å²) in [6.45, 7) is 1.36. The average molecular weight is 234 g/mol. The zero-order valence-corrected chi connectivity index (χ0v) is 9.10. The van der Waals surface area contributed by atoms with Crippen molar-refractivity contribution in [2.24, 2.45) is 0 Å². The highest BCUT2D eigenvalue weighted by molar-refractivity contribution is 5.99. The van der Waals surface area contributed by atoms with Crippen LogP contribution in [0.3, 0.4) is 0 Å². The number of esters is 1. The second-order valence-corrected chi connectivity index (χ2v) is 4.20. The van der Waals surface area contributed by atoms with Gasteiger partial charge in [0, 0.05) is 0 Å². The van der Waals surface area contributed by atoms with Crippen molar-refractivity contribution in [2.75, 3.05) is 0 Å². The molecule has 2 aliphatic heterocycles. The van der Waals surface area contributed by atoms with Crippen molar-refractivity contribution in [1.29, 1.82) is 0 Å². The van der Waals surface area contributed by atoms with Gasteiger partial charge >= 0.3 is 5.97 Å². The minimum atomic E-state index is -0.566. The average Bonchev–Trinajstić information content (AvgIpc) is 2.74. The molecule has 1 N–H and O–H groups in total. The van der Waals surface area contributed by atoms with Gasteiger partial charge in [0.1, 0.15) is 11.5 Å². The van der Waals surface area contributed by atoms with Crippen molar-refractivity contribution in [2.45, 2.75) is 25.6 Å². The lowest BCUT2D eigenvalue weighted by Crippen LogP contribution is -2.12. The standard InChI is InChI=1S/C12H10O5/c1-5(13)10-6(14)2-3-7-11(10)12-8(16-7)4-9(15)17-12/h2-3,8,12,14H,4H2,1H3/t8-,12+/m0/s1. The maximum atomic E-state index is 11.5. The van der Waals surface area contributed by atoms with Crippen molar-refractivity contribution in [3.63, 3.8) is 0 Å². The monoisotopic (exact) mass is 234 g/mol. The molecule has 0 spiro atoms. The lowest BCUT2D eigenvalue weighted by atomic mass is 9.97. The molecule has 1 saturated heterocycles. The Labute approximate surface area is 97.0 Å². The number of hydrogen-bond acceptors (Lipinski definition) is 5. The Bertz CT molecular complexity index is 534. The lowest BCUT2D eigenvalue weighted by Gasteiger charge is -2.10. The van der Waals surface area contributed by atoms with Crippen LogP contribution in [-0.4, -0.2) is 23.0 Å². The molecule has 1 aromatic carbocycles. The molecule has 1 aromatic rings. The third-order valence-corrected chi connectivity index (χ3v) is 3.06. The number of carbonyl (C=O) groups excluding carboxylic acids is 2. The van der Waals surface area contributed by atoms with Gasteiger partial charge in [0.15, 0.2) is 18.0 Å². The number of carbonyl (C=O) groups is 2. The predicted octanol–water partition coefficient (Wildman–Crippen LogP) is 1.34. The van der Waals surface area contributed by atoms with Gasteiger partial charge in [0.25, 0.3) is 0 Å². The molecular weight excluding hydrogens is 224 g/mol. The van der Waals surface area contributed by atoms with E-state index in [0.717, 1.165) is 0 Å². The van der Waals surface area contributed by atoms with Crippen molar-refractivity contribution < 1.29 is 24.2 Å². The van der Waals surface area contributed by atoms with Gasteiger partial charge < -0.3 is 14.6 Å². The summed E-state index contributed by atoms with van der Waals surface area (Å²) in [6.07, 6.45) is -0.766. The molecule has 2 heterocycles. The summed E-state index contributed by atoms with van der Waals surface area (Å²) in [6, 6.07) is 3.00. The number of hydrogen-bond donors (Lipinski definition) is 1. The highest BCUT2D eigenvalue weighted by Gasteiger charge is 2.46. The van der Waals surface area contributed by atoms with Crippen LogP contribution >= 0.6 is 0 Å². The van der Waals surface area contributed by atoms with Gasteiger partial charge in [-0.15, -0.1) is 0 Å². The van der Waals surface area contributed by atoms with Gasteiger partial charge in [-0.1, -0.05) is 0 Å². The van der Waals surface area contributed by atoms with E-state index in [0.29, 0.717) is 11.3 Å². The van der Waals surface area contributed by atoms with E-state index in [-0.39, 0.29) is 35.6 Å². The molecular formula is C12H10O5. The number of phenols is 1. The topological polar surface area (TPSA) is 72.8 Å². The van der Waals surface area contributed by atoms with Crippen LogP contribution in [0.15, 0.2) is 12.1 Å². The molecule has 0 bridgehead atoms. The van der Waals surface area contributed by atoms with Gasteiger partial charge in [-0.05, 0) is 19.1 Å². The van der Waals surface area contributed by atoms with Crippen LogP contribution in [0.25, 0.3) is 0 Å². The Morgan fingerprint density at radius 2 is 2.18 bits per heavy atom. The second-order valence-electron chi connectivity index (χ2n) is 4.20. The van der Waals surface area contributed by atoms with Crippen LogP contribution in [0, 0.1) is 0 Å². The first-order valence-corrected chi connectivity index (χ1v) is 5.31. The lowest BCUT2D eigenvalue weighted by molar-refractivity contribution is -0.141. The number of ether oxygens (including phenoxy) is 2. The fourth-order valence-electron chi connectivity index (χ4n) is 2.39. The molecule has 5 heteroatoms. The maximum Gasteiger partial charge on any atom is 0.310 e. The number of fused-ring (bicyclic) bond motifs is 3. The molecule has 0 saturated carbocycles. The Morgan fingerprint density at radius 1 is 1.41 bits per heavy atom. The van der Waals surface area contributed by atoms with Gasteiger partial charge in [-0.2, -0.15) is 0 Å². The Morgan fingerprint density at radius 3 is 2.88 bits per heavy atom. The normalized spacial score (nSPS) is 24.9. The molecule has 0 amide bonds. The second kappa shape index (κ2) is 3.23. The van der Waals surface area contributed by atoms with Gasteiger partial charge in [0.2, 0.25) is 0 Å². The van der Waals surface area contributed by atoms with E-state index < -0.39 is 6.10 Å². The van der Waals surface area contributed by atoms with Crippen LogP contribution in [0.4, 0.5) is 0 Å². The van der Waals surface area contributed by atoms with E-state index in [1.165, 1.54) is 13.0 Å². The third kappa shape index (κ3) is 1.32. The van der Waals surface area contributed by atoms with E-state index in [1.54, 1.807) is 6.07 Å². The Hall–Kier alpha value is -2.04. The van der Waals surface area contributed by atoms with E-state index >= 15 is 0 Å². The zero-order valence-electron chi connectivity index (χ0n) is 9.10. The van der Waals surface area contributed by atoms with Crippen LogP contribution in [-0.2, 0) is 9.53 Å². The molecule has 0 aliphatic carbocycles. The van der Waals surface area contributed by atoms with Crippen LogP contribution in [0.1, 0.15) is 35.4 Å². The van der Waals surface area contributed by atoms with Gasteiger partial charge in [-0.3, -0.25) is 9.59 Å². The Kier molecular flexibility index (Phi) is 1.92. The molecule has 17 heavy (non-hydrogen) atoms. The molecule has 5 nitrogen and oxygen atoms in total. The minimum Gasteiger partial charge on any atom is -0.507 e. The SMILES string of the molecule is CC(=O)c1c(O)ccc2c1[C@@H]1OC(=O)C[C@@H]1O2. The fourth-order valence-corrected chi connectivity index (χ4v) is 2.39. The molecule has 2 atom stereocenters. The molecule has 2 aliphatic rings. The summed E-state index contributed by atoms with van der Waals surface area (Å²) in [5.41, 5.74) is 0.679. The minimum absolute atomic E-state index is 0.108. The fraction of sp³-hybridized carbons (Fsp3) is 0.333. The number of phenolic OH excluding ortho intramolecular Hbond substituents is 1. The van der Waals surface area contributed by atoms with Crippen LogP contribution in [0.5, 0.6) is 11.5 Å². The number of aromatic hydroxyl groups is 1. The first kappa shape index (κ1) is 10.1. The summed E-state index contributed by atoms with van der Waals surface area (Å²) in [7, 11) is 0. The van der Waals surface area contributed by atoms with Gasteiger partial charge in [0.05, 0.1) is 17.5 Å². The number of Topliss-reactive ketones (excluding diaryl/α,β-unsaturated/α-hetero) is 1. The maximum absolute atomic E-state index is 11.5. The van der Waals surface area contributed by atoms with E-state index in [9.17, 15) is 14.7 Å². The molecule has 0 radical (unpaired) electrons. The van der Waals surface area contributed by atoms with Crippen molar-refractivity contribution in [3.8, 4) is 11.5 Å². The quantitative estimate of drug-likeness (QED) is 0.586. The number of rotatable bonds is 1. The molecule has 88 valence electrons. The highest BCUT2D eigenvalue weighted by atomic mass is 16.6. The summed E-state index contributed by atoms with van der Waals surface area (Å²) in [4.78, 5) is 22.7. The number of benzene rings is 1. The largest absolute Gasteiger partial charge is 0.507 e. The first-order valence-electron chi connectivity index (χ1n) is 5.31. The molecule has 1 fully saturated rings. The van der Waals surface area contributed by atoms with Gasteiger partial charge in [-0.25, -0.2) is 0 Å². The van der Waals surface area contributed by atoms with Crippen molar-refractivity contribution in [1.82, 2.24) is 0 Å². The van der Waals surface area contributed by atoms with Crippen LogP contribution < -0.4 is 4.74 Å². The first-order chi connectivity index (χ1) is 8.08. The Balaban J connectivity index is 2.18. The van der Waals surface area contributed by atoms with E-state index in [1.807, 2.05) is 0 Å². The summed E-state index contributed by atoms with van der Waals surface area (Å²) >= 11 is 0. The summed E-state index contributed by atoms with van der Waals surface area (Å²) < 4.78 is 10.7. The van der Waals surface area contributed by atoms with Crippen molar-refractivity contribution in [3.05, 3.63) is 23.3 Å². The van der Waals surface area contributed by atoms with Crippen molar-refractivity contribution >= 4 is 11.8 Å². The number of ketones is 1. The summed E-state index contributed by atoms with van der Waals surface area (Å²) in [5, 5.41) is 9.71. The molecule has 0 aromatic heterocycles. The molecule has 3 rings (SSSR count). The van der Waals surface area contributed by atoms with E-state index in [4.69, 9.17) is 9.47 Å². The zero-order chi connectivity index (χ0) is 12.2. The highest BCUT2D eigenvalue weighted by Crippen LogP contribution is 2.47. The third-order valence-electron chi connectivity index (χ3n) is 3.06. The molecule has 0 unspecified atom stereocenters. The van der Waals surface area contributed by atoms with Crippen LogP contribution in [0.2, 0.25) is 0 Å². The summed E-state index contributed by atoms with van der Waals surface area (Å²) in [5.74, 6) is -0.214. The predicted molar refractivity (Wildman–Crippen MR) is 56.0 cm³/mol. The van der Waals surface area contributed by atoms with E-state index in [2.05, 4.69) is 0 Å². The smallest absolute Gasteiger partial charge is 0.310 e.